The number of aromatic nitrogens is 4. The average Bonchev–Trinajstić information content (AvgIpc) is 2.76. The van der Waals surface area contributed by atoms with Crippen LogP contribution in [0.15, 0.2) is 18.2 Å². The molecule has 0 aliphatic heterocycles. The van der Waals surface area contributed by atoms with Crippen LogP contribution in [-0.4, -0.2) is 31.3 Å². The summed E-state index contributed by atoms with van der Waals surface area (Å²) >= 11 is 5.86. The molecule has 0 atom stereocenters. The fourth-order valence-electron chi connectivity index (χ4n) is 1.47. The molecule has 7 heteroatoms. The molecule has 1 aromatic heterocycles. The van der Waals surface area contributed by atoms with Crippen molar-refractivity contribution in [3.05, 3.63) is 34.6 Å². The van der Waals surface area contributed by atoms with E-state index < -0.39 is 5.97 Å². The number of carbonyl (C=O) groups is 1. The largest absolute Gasteiger partial charge is 0.478 e. The Morgan fingerprint density at radius 1 is 1.53 bits per heavy atom. The summed E-state index contributed by atoms with van der Waals surface area (Å²) in [7, 11) is 0. The molecule has 0 radical (unpaired) electrons. The van der Waals surface area contributed by atoms with E-state index in [9.17, 15) is 4.79 Å². The minimum Gasteiger partial charge on any atom is -0.478 e. The number of hydrogen-bond acceptors (Lipinski definition) is 4. The first-order valence-corrected chi connectivity index (χ1v) is 5.31. The molecule has 0 aliphatic carbocycles. The van der Waals surface area contributed by atoms with E-state index in [0.717, 1.165) is 0 Å². The molecule has 0 unspecified atom stereocenters. The van der Waals surface area contributed by atoms with Gasteiger partial charge < -0.3 is 5.11 Å². The monoisotopic (exact) mass is 252 g/mol. The van der Waals surface area contributed by atoms with Crippen LogP contribution >= 0.6 is 11.6 Å². The van der Waals surface area contributed by atoms with Crippen LogP contribution in [0.2, 0.25) is 5.02 Å². The van der Waals surface area contributed by atoms with Crippen molar-refractivity contribution in [3.63, 3.8) is 0 Å². The number of tetrazole rings is 1. The van der Waals surface area contributed by atoms with Gasteiger partial charge in [0.2, 0.25) is 0 Å². The Balaban J connectivity index is 2.65. The first-order chi connectivity index (χ1) is 8.13. The van der Waals surface area contributed by atoms with E-state index in [-0.39, 0.29) is 5.56 Å². The number of benzene rings is 1. The second-order valence-corrected chi connectivity index (χ2v) is 3.76. The molecule has 0 fully saturated rings. The molecule has 1 aromatic carbocycles. The van der Waals surface area contributed by atoms with Gasteiger partial charge in [0.05, 0.1) is 11.3 Å². The minimum atomic E-state index is -1.05. The van der Waals surface area contributed by atoms with Crippen LogP contribution in [0.5, 0.6) is 0 Å². The lowest BCUT2D eigenvalue weighted by Crippen LogP contribution is -2.09. The van der Waals surface area contributed by atoms with Gasteiger partial charge in [-0.05, 0) is 28.6 Å². The van der Waals surface area contributed by atoms with Crippen molar-refractivity contribution < 1.29 is 9.90 Å². The van der Waals surface area contributed by atoms with Gasteiger partial charge in [-0.3, -0.25) is 0 Å². The van der Waals surface area contributed by atoms with Gasteiger partial charge in [0.15, 0.2) is 5.82 Å². The summed E-state index contributed by atoms with van der Waals surface area (Å²) in [5, 5.41) is 20.6. The lowest BCUT2D eigenvalue weighted by atomic mass is 10.2. The van der Waals surface area contributed by atoms with Gasteiger partial charge in [-0.2, -0.15) is 4.68 Å². The lowest BCUT2D eigenvalue weighted by Gasteiger charge is -2.07. The number of halogens is 1. The van der Waals surface area contributed by atoms with Crippen LogP contribution < -0.4 is 0 Å². The molecular weight excluding hydrogens is 244 g/mol. The lowest BCUT2D eigenvalue weighted by molar-refractivity contribution is 0.0696. The van der Waals surface area contributed by atoms with Crippen molar-refractivity contribution in [1.29, 1.82) is 0 Å². The second kappa shape index (κ2) is 4.50. The van der Waals surface area contributed by atoms with Crippen LogP contribution in [0.4, 0.5) is 0 Å². The standard InChI is InChI=1S/C10H9ClN4O2/c1-2-9-12-13-14-15(9)8-5-6(11)3-4-7(8)10(16)17/h3-5H,2H2,1H3,(H,16,17). The second-order valence-electron chi connectivity index (χ2n) is 3.33. The highest BCUT2D eigenvalue weighted by molar-refractivity contribution is 6.30. The molecule has 2 aromatic rings. The Kier molecular flexibility index (Phi) is 3.06. The minimum absolute atomic E-state index is 0.108. The quantitative estimate of drug-likeness (QED) is 0.897. The molecule has 0 saturated carbocycles. The predicted molar refractivity (Wildman–Crippen MR) is 60.5 cm³/mol. The third-order valence-electron chi connectivity index (χ3n) is 2.27. The molecule has 17 heavy (non-hydrogen) atoms. The number of aromatic carboxylic acids is 1. The first kappa shape index (κ1) is 11.5. The third-order valence-corrected chi connectivity index (χ3v) is 2.50. The highest BCUT2D eigenvalue weighted by atomic mass is 35.5. The van der Waals surface area contributed by atoms with Gasteiger partial charge in [-0.25, -0.2) is 4.79 Å². The number of nitrogens with zero attached hydrogens (tertiary/aromatic N) is 4. The molecule has 0 saturated heterocycles. The van der Waals surface area contributed by atoms with Gasteiger partial charge in [0.25, 0.3) is 0 Å². The number of rotatable bonds is 3. The Bertz CT molecular complexity index is 567. The summed E-state index contributed by atoms with van der Waals surface area (Å²) in [5.41, 5.74) is 0.475. The molecule has 2 rings (SSSR count). The summed E-state index contributed by atoms with van der Waals surface area (Å²) in [6, 6.07) is 4.48. The van der Waals surface area contributed by atoms with Gasteiger partial charge in [0, 0.05) is 11.4 Å². The maximum absolute atomic E-state index is 11.1. The van der Waals surface area contributed by atoms with Gasteiger partial charge >= 0.3 is 5.97 Å². The first-order valence-electron chi connectivity index (χ1n) is 4.94. The zero-order chi connectivity index (χ0) is 12.4. The maximum atomic E-state index is 11.1. The third kappa shape index (κ3) is 2.12. The van der Waals surface area contributed by atoms with Crippen LogP contribution in [-0.2, 0) is 6.42 Å². The van der Waals surface area contributed by atoms with Crippen molar-refractivity contribution >= 4 is 17.6 Å². The molecule has 0 spiro atoms. The Morgan fingerprint density at radius 3 is 2.94 bits per heavy atom. The van der Waals surface area contributed by atoms with Crippen LogP contribution in [0.3, 0.4) is 0 Å². The summed E-state index contributed by atoms with van der Waals surface area (Å²) in [6.45, 7) is 1.88. The van der Waals surface area contributed by atoms with Crippen molar-refractivity contribution in [2.75, 3.05) is 0 Å². The Hall–Kier alpha value is -1.95. The fourth-order valence-corrected chi connectivity index (χ4v) is 1.64. The molecule has 1 heterocycles. The van der Waals surface area contributed by atoms with Crippen LogP contribution in [0.1, 0.15) is 23.1 Å². The smallest absolute Gasteiger partial charge is 0.337 e. The number of carboxylic acids is 1. The SMILES string of the molecule is CCc1nnnn1-c1cc(Cl)ccc1C(=O)O. The topological polar surface area (TPSA) is 80.9 Å². The van der Waals surface area contributed by atoms with Crippen LogP contribution in [0, 0.1) is 0 Å². The molecule has 0 bridgehead atoms. The zero-order valence-corrected chi connectivity index (χ0v) is 9.72. The summed E-state index contributed by atoms with van der Waals surface area (Å²) in [4.78, 5) is 11.1. The Labute approximate surface area is 102 Å². The summed E-state index contributed by atoms with van der Waals surface area (Å²) in [5.74, 6) is -0.469. The van der Waals surface area contributed by atoms with Crippen molar-refractivity contribution in [2.45, 2.75) is 13.3 Å². The van der Waals surface area contributed by atoms with E-state index in [4.69, 9.17) is 16.7 Å². The highest BCUT2D eigenvalue weighted by Gasteiger charge is 2.15. The van der Waals surface area contributed by atoms with E-state index in [0.29, 0.717) is 23.0 Å². The zero-order valence-electron chi connectivity index (χ0n) is 8.96. The van der Waals surface area contributed by atoms with E-state index in [1.165, 1.54) is 22.9 Å². The van der Waals surface area contributed by atoms with E-state index in [2.05, 4.69) is 15.5 Å². The van der Waals surface area contributed by atoms with Crippen LogP contribution in [0.25, 0.3) is 5.69 Å². The highest BCUT2D eigenvalue weighted by Crippen LogP contribution is 2.20. The molecular formula is C10H9ClN4O2. The molecule has 6 nitrogen and oxygen atoms in total. The van der Waals surface area contributed by atoms with Gasteiger partial charge in [-0.1, -0.05) is 18.5 Å². The molecule has 88 valence electrons. The normalized spacial score (nSPS) is 10.5. The van der Waals surface area contributed by atoms with E-state index in [1.54, 1.807) is 0 Å². The fraction of sp³-hybridized carbons (Fsp3) is 0.200. The number of hydrogen-bond donors (Lipinski definition) is 1. The van der Waals surface area contributed by atoms with Crippen molar-refractivity contribution in [2.24, 2.45) is 0 Å². The number of carboxylic acid groups (broad SMARTS) is 1. The van der Waals surface area contributed by atoms with Gasteiger partial charge in [-0.15, -0.1) is 5.10 Å². The van der Waals surface area contributed by atoms with E-state index >= 15 is 0 Å². The van der Waals surface area contributed by atoms with Crippen molar-refractivity contribution in [1.82, 2.24) is 20.2 Å². The molecule has 1 N–H and O–H groups in total. The van der Waals surface area contributed by atoms with Gasteiger partial charge in [0.1, 0.15) is 0 Å². The van der Waals surface area contributed by atoms with Crippen molar-refractivity contribution in [3.8, 4) is 5.69 Å². The molecule has 0 aliphatic rings. The predicted octanol–water partition coefficient (Wildman–Crippen LogP) is 1.58. The summed E-state index contributed by atoms with van der Waals surface area (Å²) in [6.07, 6.45) is 0.596. The molecule has 0 amide bonds. The average molecular weight is 253 g/mol. The maximum Gasteiger partial charge on any atom is 0.337 e. The number of aryl methyl sites for hydroxylation is 1. The van der Waals surface area contributed by atoms with E-state index in [1.807, 2.05) is 6.92 Å². The summed E-state index contributed by atoms with van der Waals surface area (Å²) < 4.78 is 1.38. The Morgan fingerprint density at radius 2 is 2.29 bits per heavy atom.